The minimum Gasteiger partial charge on any atom is -0.478 e. The van der Waals surface area contributed by atoms with Crippen molar-refractivity contribution >= 4 is 41.9 Å². The summed E-state index contributed by atoms with van der Waals surface area (Å²) in [5, 5.41) is 0. The first-order valence-corrected chi connectivity index (χ1v) is 10.3. The Morgan fingerprint density at radius 1 is 0.971 bits per heavy atom. The molecule has 0 unspecified atom stereocenters. The van der Waals surface area contributed by atoms with Crippen LogP contribution >= 0.6 is 12.4 Å². The van der Waals surface area contributed by atoms with Gasteiger partial charge < -0.3 is 35.3 Å². The van der Waals surface area contributed by atoms with Gasteiger partial charge in [0, 0.05) is 18.7 Å². The van der Waals surface area contributed by atoms with E-state index in [4.69, 9.17) is 20.9 Å². The minimum absolute atomic E-state index is 0. The highest BCUT2D eigenvalue weighted by molar-refractivity contribution is 5.98. The van der Waals surface area contributed by atoms with Gasteiger partial charge in [-0.3, -0.25) is 4.79 Å². The van der Waals surface area contributed by atoms with Crippen LogP contribution in [0.1, 0.15) is 21.5 Å². The predicted molar refractivity (Wildman–Crippen MR) is 129 cm³/mol. The number of guanidine groups is 1. The fourth-order valence-corrected chi connectivity index (χ4v) is 3.36. The summed E-state index contributed by atoms with van der Waals surface area (Å²) in [5.41, 5.74) is 13.7. The number of hydrogen-bond donors (Lipinski definition) is 2. The third kappa shape index (κ3) is 7.24. The molecule has 0 saturated carbocycles. The summed E-state index contributed by atoms with van der Waals surface area (Å²) in [6, 6.07) is 10.3. The van der Waals surface area contributed by atoms with E-state index in [2.05, 4.69) is 14.5 Å². The quantitative estimate of drug-likeness (QED) is 0.275. The van der Waals surface area contributed by atoms with Gasteiger partial charge in [0.1, 0.15) is 0 Å². The van der Waals surface area contributed by atoms with Crippen LogP contribution in [0.3, 0.4) is 0 Å². The number of rotatable bonds is 10. The molecule has 188 valence electrons. The Labute approximate surface area is 208 Å². The highest BCUT2D eigenvalue weighted by Crippen LogP contribution is 2.30. The predicted octanol–water partition coefficient (Wildman–Crippen LogP) is 1.32. The van der Waals surface area contributed by atoms with Crippen LogP contribution in [0.2, 0.25) is 0 Å². The van der Waals surface area contributed by atoms with Gasteiger partial charge in [0.15, 0.2) is 30.7 Å². The fraction of sp³-hybridized carbons (Fsp3) is 0.304. The van der Waals surface area contributed by atoms with Crippen molar-refractivity contribution in [2.75, 3.05) is 34.0 Å². The number of amides is 1. The van der Waals surface area contributed by atoms with Crippen molar-refractivity contribution in [3.8, 4) is 11.5 Å². The molecular formula is C23H27ClN4O7. The lowest BCUT2D eigenvalue weighted by atomic mass is 10.1. The first kappa shape index (κ1) is 27.3. The first-order valence-electron chi connectivity index (χ1n) is 10.3. The normalized spacial score (nSPS) is 11.7. The molecular weight excluding hydrogens is 480 g/mol. The molecule has 0 radical (unpaired) electrons. The van der Waals surface area contributed by atoms with E-state index >= 15 is 0 Å². The van der Waals surface area contributed by atoms with Crippen LogP contribution in [0.15, 0.2) is 41.4 Å². The van der Waals surface area contributed by atoms with Crippen molar-refractivity contribution in [3.05, 3.63) is 53.1 Å². The van der Waals surface area contributed by atoms with Crippen LogP contribution in [-0.2, 0) is 32.0 Å². The van der Waals surface area contributed by atoms with Gasteiger partial charge in [0.05, 0.1) is 19.9 Å². The summed E-state index contributed by atoms with van der Waals surface area (Å²) >= 11 is 0. The van der Waals surface area contributed by atoms with Crippen molar-refractivity contribution in [3.63, 3.8) is 0 Å². The maximum atomic E-state index is 12.8. The summed E-state index contributed by atoms with van der Waals surface area (Å²) < 4.78 is 20.1. The van der Waals surface area contributed by atoms with Gasteiger partial charge in [-0.1, -0.05) is 6.07 Å². The van der Waals surface area contributed by atoms with Crippen LogP contribution in [0.5, 0.6) is 11.5 Å². The Balaban J connectivity index is 0.00000432. The molecule has 2 aromatic rings. The van der Waals surface area contributed by atoms with E-state index < -0.39 is 11.9 Å². The maximum absolute atomic E-state index is 12.8. The summed E-state index contributed by atoms with van der Waals surface area (Å²) in [6.07, 6.45) is 0.520. The summed E-state index contributed by atoms with van der Waals surface area (Å²) in [7, 11) is 2.51. The monoisotopic (exact) mass is 506 g/mol. The van der Waals surface area contributed by atoms with Crippen molar-refractivity contribution in [2.45, 2.75) is 13.0 Å². The van der Waals surface area contributed by atoms with Crippen molar-refractivity contribution in [1.82, 2.24) is 4.90 Å². The van der Waals surface area contributed by atoms with Crippen LogP contribution in [-0.4, -0.2) is 62.7 Å². The zero-order valence-electron chi connectivity index (χ0n) is 19.3. The van der Waals surface area contributed by atoms with Gasteiger partial charge in [0.25, 0.3) is 5.91 Å². The van der Waals surface area contributed by atoms with Crippen molar-refractivity contribution < 1.29 is 33.3 Å². The topological polar surface area (TPSA) is 156 Å². The van der Waals surface area contributed by atoms with E-state index in [0.29, 0.717) is 30.8 Å². The number of carbonyl (C=O) groups excluding carboxylic acids is 3. The molecule has 2 aromatic carbocycles. The molecule has 1 aliphatic heterocycles. The van der Waals surface area contributed by atoms with Crippen LogP contribution in [0, 0.1) is 0 Å². The van der Waals surface area contributed by atoms with Gasteiger partial charge in [-0.2, -0.15) is 0 Å². The zero-order chi connectivity index (χ0) is 24.7. The summed E-state index contributed by atoms with van der Waals surface area (Å²) in [6.45, 7) is 0.247. The molecule has 1 aliphatic rings. The van der Waals surface area contributed by atoms with E-state index in [0.717, 1.165) is 11.1 Å². The van der Waals surface area contributed by atoms with E-state index in [9.17, 15) is 14.4 Å². The van der Waals surface area contributed by atoms with E-state index in [1.165, 1.54) is 14.2 Å². The van der Waals surface area contributed by atoms with E-state index in [-0.39, 0.29) is 49.0 Å². The molecule has 12 heteroatoms. The third-order valence-corrected chi connectivity index (χ3v) is 5.05. The number of nitrogens with two attached hydrogens (primary N) is 2. The van der Waals surface area contributed by atoms with Crippen LogP contribution in [0.4, 0.5) is 5.69 Å². The van der Waals surface area contributed by atoms with Gasteiger partial charge in [0.2, 0.25) is 0 Å². The highest BCUT2D eigenvalue weighted by atomic mass is 35.5. The Kier molecular flexibility index (Phi) is 9.71. The molecule has 11 nitrogen and oxygen atoms in total. The van der Waals surface area contributed by atoms with Gasteiger partial charge in [-0.25, -0.2) is 14.6 Å². The van der Waals surface area contributed by atoms with E-state index in [1.807, 2.05) is 0 Å². The summed E-state index contributed by atoms with van der Waals surface area (Å²) in [5.74, 6) is -0.709. The molecule has 1 heterocycles. The Bertz CT molecular complexity index is 1120. The molecule has 3 rings (SSSR count). The average molecular weight is 507 g/mol. The Morgan fingerprint density at radius 3 is 2.26 bits per heavy atom. The SMILES string of the molecule is COC(=O)COc1ccc(CCN2Cc3cc(N=C(N)N)ccc3C2=O)cc1OCC(=O)OC.Cl. The molecule has 0 spiro atoms. The lowest BCUT2D eigenvalue weighted by molar-refractivity contribution is -0.144. The number of hydrogen-bond acceptors (Lipinski definition) is 8. The Hall–Kier alpha value is -3.99. The number of halogens is 1. The number of ether oxygens (including phenoxy) is 4. The average Bonchev–Trinajstić information content (AvgIpc) is 3.14. The molecule has 1 amide bonds. The molecule has 0 aliphatic carbocycles. The standard InChI is InChI=1S/C23H26N4O7.ClH/c1-31-20(28)12-33-18-6-3-14(9-19(18)34-13-21(29)32-2)7-8-27-11-15-10-16(26-23(24)25)4-5-17(15)22(27)30;/h3-6,9-10H,7-8,11-13H2,1-2H3,(H4,24,25,26);1H. The van der Waals surface area contributed by atoms with Crippen molar-refractivity contribution in [1.29, 1.82) is 0 Å². The second-order valence-corrected chi connectivity index (χ2v) is 7.37. The highest BCUT2D eigenvalue weighted by Gasteiger charge is 2.27. The number of benzene rings is 2. The largest absolute Gasteiger partial charge is 0.478 e. The number of aliphatic imine (C=N–C) groups is 1. The first-order chi connectivity index (χ1) is 16.3. The summed E-state index contributed by atoms with van der Waals surface area (Å²) in [4.78, 5) is 41.4. The van der Waals surface area contributed by atoms with Crippen LogP contribution < -0.4 is 20.9 Å². The lowest BCUT2D eigenvalue weighted by Gasteiger charge is -2.17. The van der Waals surface area contributed by atoms with Crippen LogP contribution in [0.25, 0.3) is 0 Å². The second kappa shape index (κ2) is 12.5. The number of nitrogens with zero attached hydrogens (tertiary/aromatic N) is 2. The van der Waals surface area contributed by atoms with E-state index in [1.54, 1.807) is 41.3 Å². The lowest BCUT2D eigenvalue weighted by Crippen LogP contribution is -2.26. The molecule has 0 bridgehead atoms. The smallest absolute Gasteiger partial charge is 0.343 e. The Morgan fingerprint density at radius 2 is 1.63 bits per heavy atom. The van der Waals surface area contributed by atoms with Crippen molar-refractivity contribution in [2.24, 2.45) is 16.5 Å². The van der Waals surface area contributed by atoms with Gasteiger partial charge >= 0.3 is 11.9 Å². The minimum atomic E-state index is -0.565. The van der Waals surface area contributed by atoms with Gasteiger partial charge in [-0.15, -0.1) is 12.4 Å². The zero-order valence-corrected chi connectivity index (χ0v) is 20.1. The number of carbonyl (C=O) groups is 3. The molecule has 0 aromatic heterocycles. The molecule has 0 atom stereocenters. The molecule has 35 heavy (non-hydrogen) atoms. The number of esters is 2. The fourth-order valence-electron chi connectivity index (χ4n) is 3.36. The number of fused-ring (bicyclic) bond motifs is 1. The number of methoxy groups -OCH3 is 2. The van der Waals surface area contributed by atoms with Gasteiger partial charge in [-0.05, 0) is 47.9 Å². The molecule has 4 N–H and O–H groups in total. The second-order valence-electron chi connectivity index (χ2n) is 7.37. The third-order valence-electron chi connectivity index (χ3n) is 5.05. The molecule has 0 saturated heterocycles. The molecule has 0 fully saturated rings. The maximum Gasteiger partial charge on any atom is 0.343 e.